The van der Waals surface area contributed by atoms with Gasteiger partial charge in [0.2, 0.25) is 0 Å². The molecule has 106 valence electrons. The number of aryl methyl sites for hydroxylation is 2. The van der Waals surface area contributed by atoms with Gasteiger partial charge >= 0.3 is 0 Å². The lowest BCUT2D eigenvalue weighted by atomic mass is 10.2. The molecule has 1 aromatic heterocycles. The number of hydrogen-bond donors (Lipinski definition) is 2. The highest BCUT2D eigenvalue weighted by atomic mass is 32.2. The number of rotatable bonds is 6. The summed E-state index contributed by atoms with van der Waals surface area (Å²) in [6.07, 6.45) is 1.85. The van der Waals surface area contributed by atoms with Crippen molar-refractivity contribution >= 4 is 17.7 Å². The zero-order chi connectivity index (χ0) is 14.4. The van der Waals surface area contributed by atoms with E-state index in [9.17, 15) is 4.79 Å². The first kappa shape index (κ1) is 15.9. The van der Waals surface area contributed by atoms with Gasteiger partial charge in [-0.05, 0) is 20.1 Å². The molecule has 1 amide bonds. The largest absolute Gasteiger partial charge is 0.395 e. The molecule has 0 aliphatic heterocycles. The minimum absolute atomic E-state index is 0.147. The SMILES string of the molecule is CSc1nc(C)nc(C)c1C(=O)N(CCO)CCO. The molecule has 1 heterocycles. The van der Waals surface area contributed by atoms with Gasteiger partial charge in [-0.1, -0.05) is 0 Å². The Balaban J connectivity index is 3.16. The number of carbonyl (C=O) groups excluding carboxylic acids is 1. The van der Waals surface area contributed by atoms with Gasteiger partial charge in [0.15, 0.2) is 0 Å². The molecule has 0 aliphatic rings. The molecule has 0 fully saturated rings. The molecular formula is C12H19N3O3S. The van der Waals surface area contributed by atoms with E-state index in [2.05, 4.69) is 9.97 Å². The van der Waals surface area contributed by atoms with E-state index in [4.69, 9.17) is 10.2 Å². The van der Waals surface area contributed by atoms with E-state index in [1.807, 2.05) is 6.26 Å². The van der Waals surface area contributed by atoms with Crippen LogP contribution in [0.25, 0.3) is 0 Å². The van der Waals surface area contributed by atoms with Gasteiger partial charge in [0.05, 0.1) is 24.5 Å². The molecule has 0 bridgehead atoms. The summed E-state index contributed by atoms with van der Waals surface area (Å²) in [5, 5.41) is 18.6. The Hall–Kier alpha value is -1.18. The van der Waals surface area contributed by atoms with E-state index < -0.39 is 0 Å². The van der Waals surface area contributed by atoms with Crippen molar-refractivity contribution in [3.8, 4) is 0 Å². The number of nitrogens with zero attached hydrogens (tertiary/aromatic N) is 3. The molecule has 0 saturated heterocycles. The number of carbonyl (C=O) groups is 1. The third-order valence-electron chi connectivity index (χ3n) is 2.60. The summed E-state index contributed by atoms with van der Waals surface area (Å²) in [5.74, 6) is 0.360. The summed E-state index contributed by atoms with van der Waals surface area (Å²) in [6, 6.07) is 0. The van der Waals surface area contributed by atoms with Crippen molar-refractivity contribution in [3.63, 3.8) is 0 Å². The van der Waals surface area contributed by atoms with Crippen molar-refractivity contribution < 1.29 is 15.0 Å². The Morgan fingerprint density at radius 2 is 1.79 bits per heavy atom. The van der Waals surface area contributed by atoms with Gasteiger partial charge in [0, 0.05) is 13.1 Å². The first-order chi connectivity index (χ1) is 9.04. The van der Waals surface area contributed by atoms with Gasteiger partial charge in [0.1, 0.15) is 10.9 Å². The highest BCUT2D eigenvalue weighted by molar-refractivity contribution is 7.98. The molecule has 0 radical (unpaired) electrons. The molecular weight excluding hydrogens is 266 g/mol. The number of hydrogen-bond acceptors (Lipinski definition) is 6. The monoisotopic (exact) mass is 285 g/mol. The minimum atomic E-state index is -0.259. The zero-order valence-electron chi connectivity index (χ0n) is 11.4. The van der Waals surface area contributed by atoms with Crippen molar-refractivity contribution in [2.45, 2.75) is 18.9 Å². The van der Waals surface area contributed by atoms with Crippen molar-refractivity contribution in [1.82, 2.24) is 14.9 Å². The lowest BCUT2D eigenvalue weighted by molar-refractivity contribution is 0.0679. The Labute approximate surface area is 116 Å². The summed E-state index contributed by atoms with van der Waals surface area (Å²) in [4.78, 5) is 22.3. The number of aliphatic hydroxyl groups excluding tert-OH is 2. The molecule has 2 N–H and O–H groups in total. The smallest absolute Gasteiger partial charge is 0.258 e. The molecule has 0 aromatic carbocycles. The quantitative estimate of drug-likeness (QED) is 0.575. The highest BCUT2D eigenvalue weighted by Crippen LogP contribution is 2.22. The van der Waals surface area contributed by atoms with Crippen LogP contribution in [0.4, 0.5) is 0 Å². The number of aromatic nitrogens is 2. The van der Waals surface area contributed by atoms with Crippen LogP contribution in [0.5, 0.6) is 0 Å². The Kier molecular flexibility index (Phi) is 6.20. The van der Waals surface area contributed by atoms with Crippen LogP contribution in [0.3, 0.4) is 0 Å². The fraction of sp³-hybridized carbons (Fsp3) is 0.583. The fourth-order valence-electron chi connectivity index (χ4n) is 1.79. The van der Waals surface area contributed by atoms with E-state index >= 15 is 0 Å². The van der Waals surface area contributed by atoms with Crippen LogP contribution in [-0.4, -0.2) is 63.5 Å². The predicted octanol–water partition coefficient (Wildman–Crippen LogP) is 0.242. The summed E-state index contributed by atoms with van der Waals surface area (Å²) in [6.45, 7) is 3.61. The van der Waals surface area contributed by atoms with E-state index in [0.29, 0.717) is 22.1 Å². The van der Waals surface area contributed by atoms with E-state index in [1.54, 1.807) is 13.8 Å². The van der Waals surface area contributed by atoms with Gasteiger partial charge in [-0.3, -0.25) is 4.79 Å². The van der Waals surface area contributed by atoms with E-state index in [0.717, 1.165) is 0 Å². The highest BCUT2D eigenvalue weighted by Gasteiger charge is 2.22. The maximum absolute atomic E-state index is 12.4. The minimum Gasteiger partial charge on any atom is -0.395 e. The molecule has 6 nitrogen and oxygen atoms in total. The van der Waals surface area contributed by atoms with Gasteiger partial charge in [-0.15, -0.1) is 11.8 Å². The second-order valence-corrected chi connectivity index (χ2v) is 4.77. The number of thioether (sulfide) groups is 1. The lowest BCUT2D eigenvalue weighted by Crippen LogP contribution is -2.36. The molecule has 0 atom stereocenters. The van der Waals surface area contributed by atoms with Crippen LogP contribution < -0.4 is 0 Å². The summed E-state index contributed by atoms with van der Waals surface area (Å²) < 4.78 is 0. The van der Waals surface area contributed by atoms with E-state index in [-0.39, 0.29) is 32.2 Å². The summed E-state index contributed by atoms with van der Waals surface area (Å²) in [7, 11) is 0. The van der Waals surface area contributed by atoms with Crippen molar-refractivity contribution in [3.05, 3.63) is 17.1 Å². The third-order valence-corrected chi connectivity index (χ3v) is 3.28. The van der Waals surface area contributed by atoms with Gasteiger partial charge in [-0.2, -0.15) is 0 Å². The first-order valence-corrected chi connectivity index (χ1v) is 7.17. The normalized spacial score (nSPS) is 10.6. The van der Waals surface area contributed by atoms with E-state index in [1.165, 1.54) is 16.7 Å². The number of aliphatic hydroxyl groups is 2. The van der Waals surface area contributed by atoms with Crippen LogP contribution in [0.15, 0.2) is 5.03 Å². The van der Waals surface area contributed by atoms with Crippen LogP contribution in [0, 0.1) is 13.8 Å². The van der Waals surface area contributed by atoms with Crippen LogP contribution in [0.1, 0.15) is 21.9 Å². The third kappa shape index (κ3) is 3.89. The molecule has 19 heavy (non-hydrogen) atoms. The second kappa shape index (κ2) is 7.42. The maximum atomic E-state index is 12.4. The summed E-state index contributed by atoms with van der Waals surface area (Å²) in [5.41, 5.74) is 1.06. The lowest BCUT2D eigenvalue weighted by Gasteiger charge is -2.22. The van der Waals surface area contributed by atoms with Crippen LogP contribution in [-0.2, 0) is 0 Å². The summed E-state index contributed by atoms with van der Waals surface area (Å²) >= 11 is 1.38. The second-order valence-electron chi connectivity index (χ2n) is 3.98. The van der Waals surface area contributed by atoms with Crippen molar-refractivity contribution in [2.24, 2.45) is 0 Å². The average molecular weight is 285 g/mol. The molecule has 1 aromatic rings. The molecule has 0 aliphatic carbocycles. The Bertz CT molecular complexity index is 448. The van der Waals surface area contributed by atoms with Crippen LogP contribution in [0.2, 0.25) is 0 Å². The average Bonchev–Trinajstić information content (AvgIpc) is 2.36. The fourth-order valence-corrected chi connectivity index (χ4v) is 2.45. The maximum Gasteiger partial charge on any atom is 0.258 e. The molecule has 0 unspecified atom stereocenters. The predicted molar refractivity (Wildman–Crippen MR) is 73.4 cm³/mol. The number of amides is 1. The van der Waals surface area contributed by atoms with Gasteiger partial charge in [-0.25, -0.2) is 9.97 Å². The molecule has 0 saturated carbocycles. The molecule has 7 heteroatoms. The van der Waals surface area contributed by atoms with Gasteiger partial charge < -0.3 is 15.1 Å². The van der Waals surface area contributed by atoms with Crippen molar-refractivity contribution in [2.75, 3.05) is 32.6 Å². The van der Waals surface area contributed by atoms with Gasteiger partial charge in [0.25, 0.3) is 5.91 Å². The van der Waals surface area contributed by atoms with Crippen LogP contribution >= 0.6 is 11.8 Å². The molecule has 1 rings (SSSR count). The Morgan fingerprint density at radius 1 is 1.21 bits per heavy atom. The topological polar surface area (TPSA) is 86.6 Å². The standard InChI is InChI=1S/C12H19N3O3S/c1-8-10(11(19-3)14-9(2)13-8)12(18)15(4-6-16)5-7-17/h16-17H,4-7H2,1-3H3. The Morgan fingerprint density at radius 3 is 2.26 bits per heavy atom. The zero-order valence-corrected chi connectivity index (χ0v) is 12.2. The molecule has 0 spiro atoms. The first-order valence-electron chi connectivity index (χ1n) is 5.95. The van der Waals surface area contributed by atoms with Crippen molar-refractivity contribution in [1.29, 1.82) is 0 Å².